The molecule has 2 N–H and O–H groups in total. The number of nitrogens with one attached hydrogen (secondary N) is 2. The van der Waals surface area contributed by atoms with Crippen molar-refractivity contribution in [3.63, 3.8) is 0 Å². The maximum absolute atomic E-state index is 11.1. The van der Waals surface area contributed by atoms with E-state index in [0.717, 1.165) is 12.2 Å². The number of amides is 1. The zero-order valence-electron chi connectivity index (χ0n) is 11.8. The first-order chi connectivity index (χ1) is 8.26. The van der Waals surface area contributed by atoms with Gasteiger partial charge in [-0.05, 0) is 22.3 Å². The van der Waals surface area contributed by atoms with E-state index in [4.69, 9.17) is 0 Å². The lowest BCUT2D eigenvalue weighted by Crippen LogP contribution is -2.22. The van der Waals surface area contributed by atoms with Crippen LogP contribution in [0, 0.1) is 10.8 Å². The zero-order valence-corrected chi connectivity index (χ0v) is 12.6. The topological polar surface area (TPSA) is 41.1 Å². The molecule has 0 spiro atoms. The van der Waals surface area contributed by atoms with E-state index in [2.05, 4.69) is 38.3 Å². The molecule has 18 heavy (non-hydrogen) atoms. The average molecular weight is 266 g/mol. The Morgan fingerprint density at radius 2 is 1.94 bits per heavy atom. The lowest BCUT2D eigenvalue weighted by molar-refractivity contribution is -0.114. The predicted molar refractivity (Wildman–Crippen MR) is 76.8 cm³/mol. The van der Waals surface area contributed by atoms with Crippen LogP contribution in [-0.2, 0) is 11.3 Å². The molecule has 1 aliphatic rings. The molecule has 0 saturated heterocycles. The van der Waals surface area contributed by atoms with Gasteiger partial charge in [-0.15, -0.1) is 11.3 Å². The average Bonchev–Trinajstić information content (AvgIpc) is 2.59. The first-order valence-electron chi connectivity index (χ1n) is 6.34. The number of rotatable bonds is 4. The Labute approximate surface area is 113 Å². The predicted octanol–water partition coefficient (Wildman–Crippen LogP) is 3.23. The SMILES string of the molecule is CC(=O)Nc1ccsc1CNC1C(C)(C)C1(C)C. The largest absolute Gasteiger partial charge is 0.325 e. The lowest BCUT2D eigenvalue weighted by atomic mass is 10.0. The molecule has 3 nitrogen and oxygen atoms in total. The zero-order chi connectivity index (χ0) is 13.6. The summed E-state index contributed by atoms with van der Waals surface area (Å²) in [5.74, 6) is -0.0123. The number of hydrogen-bond donors (Lipinski definition) is 2. The van der Waals surface area contributed by atoms with Gasteiger partial charge in [-0.1, -0.05) is 27.7 Å². The van der Waals surface area contributed by atoms with Gasteiger partial charge in [0.25, 0.3) is 0 Å². The molecule has 0 bridgehead atoms. The lowest BCUT2D eigenvalue weighted by Gasteiger charge is -2.07. The number of hydrogen-bond acceptors (Lipinski definition) is 3. The number of carbonyl (C=O) groups is 1. The standard InChI is InChI=1S/C14H22N2OS/c1-9(17)16-10-6-7-18-11(10)8-15-12-13(2,3)14(12,4)5/h6-7,12,15H,8H2,1-5H3,(H,16,17). The molecular formula is C14H22N2OS. The second-order valence-electron chi connectivity index (χ2n) is 6.20. The van der Waals surface area contributed by atoms with E-state index in [-0.39, 0.29) is 5.91 Å². The molecule has 1 aromatic rings. The van der Waals surface area contributed by atoms with Crippen LogP contribution in [0.15, 0.2) is 11.4 Å². The van der Waals surface area contributed by atoms with Gasteiger partial charge in [0.1, 0.15) is 0 Å². The molecule has 0 radical (unpaired) electrons. The molecule has 1 saturated carbocycles. The Morgan fingerprint density at radius 1 is 1.33 bits per heavy atom. The van der Waals surface area contributed by atoms with Crippen LogP contribution in [0.2, 0.25) is 0 Å². The smallest absolute Gasteiger partial charge is 0.221 e. The van der Waals surface area contributed by atoms with E-state index in [1.54, 1.807) is 18.3 Å². The van der Waals surface area contributed by atoms with E-state index in [0.29, 0.717) is 16.9 Å². The summed E-state index contributed by atoms with van der Waals surface area (Å²) in [6.45, 7) is 11.6. The molecule has 1 amide bonds. The second kappa shape index (κ2) is 4.35. The maximum Gasteiger partial charge on any atom is 0.221 e. The molecule has 0 aliphatic heterocycles. The molecule has 100 valence electrons. The summed E-state index contributed by atoms with van der Waals surface area (Å²) >= 11 is 1.68. The number of thiophene rings is 1. The van der Waals surface area contributed by atoms with Crippen LogP contribution < -0.4 is 10.6 Å². The fraction of sp³-hybridized carbons (Fsp3) is 0.643. The monoisotopic (exact) mass is 266 g/mol. The summed E-state index contributed by atoms with van der Waals surface area (Å²) in [6, 6.07) is 2.50. The number of anilines is 1. The van der Waals surface area contributed by atoms with Crippen molar-refractivity contribution in [3.8, 4) is 0 Å². The van der Waals surface area contributed by atoms with E-state index >= 15 is 0 Å². The molecule has 0 atom stereocenters. The molecule has 2 rings (SSSR count). The van der Waals surface area contributed by atoms with Crippen LogP contribution in [0.1, 0.15) is 39.5 Å². The minimum absolute atomic E-state index is 0.0123. The van der Waals surface area contributed by atoms with Crippen LogP contribution in [0.4, 0.5) is 5.69 Å². The molecule has 1 aliphatic carbocycles. The highest BCUT2D eigenvalue weighted by Crippen LogP contribution is 2.62. The summed E-state index contributed by atoms with van der Waals surface area (Å²) in [5.41, 5.74) is 1.63. The van der Waals surface area contributed by atoms with Crippen molar-refractivity contribution in [1.29, 1.82) is 0 Å². The highest BCUT2D eigenvalue weighted by Gasteiger charge is 2.64. The summed E-state index contributed by atoms with van der Waals surface area (Å²) < 4.78 is 0. The van der Waals surface area contributed by atoms with Crippen molar-refractivity contribution in [3.05, 3.63) is 16.3 Å². The third-order valence-electron chi connectivity index (χ3n) is 4.54. The Bertz CT molecular complexity index is 448. The van der Waals surface area contributed by atoms with Crippen molar-refractivity contribution in [2.24, 2.45) is 10.8 Å². The summed E-state index contributed by atoms with van der Waals surface area (Å²) in [6.07, 6.45) is 0. The van der Waals surface area contributed by atoms with Gasteiger partial charge in [-0.3, -0.25) is 4.79 Å². The Morgan fingerprint density at radius 3 is 2.44 bits per heavy atom. The van der Waals surface area contributed by atoms with E-state index in [1.165, 1.54) is 4.88 Å². The summed E-state index contributed by atoms with van der Waals surface area (Å²) in [4.78, 5) is 12.3. The minimum atomic E-state index is -0.0123. The van der Waals surface area contributed by atoms with Crippen molar-refractivity contribution >= 4 is 22.9 Å². The fourth-order valence-electron chi connectivity index (χ4n) is 2.68. The van der Waals surface area contributed by atoms with Crippen molar-refractivity contribution in [2.75, 3.05) is 5.32 Å². The van der Waals surface area contributed by atoms with Gasteiger partial charge >= 0.3 is 0 Å². The Balaban J connectivity index is 1.96. The molecule has 0 unspecified atom stereocenters. The van der Waals surface area contributed by atoms with Gasteiger partial charge in [-0.2, -0.15) is 0 Å². The second-order valence-corrected chi connectivity index (χ2v) is 7.20. The van der Waals surface area contributed by atoms with Crippen LogP contribution in [0.3, 0.4) is 0 Å². The molecule has 0 aromatic carbocycles. The quantitative estimate of drug-likeness (QED) is 0.878. The van der Waals surface area contributed by atoms with E-state index in [9.17, 15) is 4.79 Å². The van der Waals surface area contributed by atoms with Crippen molar-refractivity contribution in [2.45, 2.75) is 47.2 Å². The normalized spacial score (nSPS) is 20.7. The first kappa shape index (κ1) is 13.6. The van der Waals surface area contributed by atoms with Gasteiger partial charge in [-0.25, -0.2) is 0 Å². The summed E-state index contributed by atoms with van der Waals surface area (Å²) in [7, 11) is 0. The molecular weight excluding hydrogens is 244 g/mol. The van der Waals surface area contributed by atoms with Crippen LogP contribution >= 0.6 is 11.3 Å². The maximum atomic E-state index is 11.1. The highest BCUT2D eigenvalue weighted by molar-refractivity contribution is 7.10. The Hall–Kier alpha value is -0.870. The van der Waals surface area contributed by atoms with E-state index < -0.39 is 0 Å². The van der Waals surface area contributed by atoms with Gasteiger partial charge in [0, 0.05) is 24.4 Å². The fourth-order valence-corrected chi connectivity index (χ4v) is 3.46. The third kappa shape index (κ3) is 2.19. The van der Waals surface area contributed by atoms with Gasteiger partial charge in [0.2, 0.25) is 5.91 Å². The van der Waals surface area contributed by atoms with E-state index in [1.807, 2.05) is 11.4 Å². The number of carbonyl (C=O) groups excluding carboxylic acids is 1. The molecule has 4 heteroatoms. The molecule has 1 fully saturated rings. The molecule has 1 aromatic heterocycles. The molecule has 1 heterocycles. The van der Waals surface area contributed by atoms with Gasteiger partial charge in [0.15, 0.2) is 0 Å². The first-order valence-corrected chi connectivity index (χ1v) is 7.22. The van der Waals surface area contributed by atoms with Crippen LogP contribution in [0.25, 0.3) is 0 Å². The van der Waals surface area contributed by atoms with Gasteiger partial charge < -0.3 is 10.6 Å². The third-order valence-corrected chi connectivity index (χ3v) is 5.46. The van der Waals surface area contributed by atoms with Crippen molar-refractivity contribution < 1.29 is 4.79 Å². The van der Waals surface area contributed by atoms with Crippen molar-refractivity contribution in [1.82, 2.24) is 5.32 Å². The van der Waals surface area contributed by atoms with Gasteiger partial charge in [0.05, 0.1) is 5.69 Å². The summed E-state index contributed by atoms with van der Waals surface area (Å²) in [5, 5.41) is 8.50. The highest BCUT2D eigenvalue weighted by atomic mass is 32.1. The minimum Gasteiger partial charge on any atom is -0.325 e. The van der Waals surface area contributed by atoms with Crippen LogP contribution in [-0.4, -0.2) is 11.9 Å². The van der Waals surface area contributed by atoms with Crippen LogP contribution in [0.5, 0.6) is 0 Å². The Kier molecular flexibility index (Phi) is 3.28.